The van der Waals surface area contributed by atoms with Crippen molar-refractivity contribution in [1.29, 1.82) is 0 Å². The van der Waals surface area contributed by atoms with Crippen LogP contribution in [0.1, 0.15) is 31.2 Å². The Morgan fingerprint density at radius 1 is 1.12 bits per heavy atom. The Morgan fingerprint density at radius 2 is 1.85 bits per heavy atom. The van der Waals surface area contributed by atoms with Gasteiger partial charge in [-0.15, -0.1) is 0 Å². The maximum absolute atomic E-state index is 13.5. The van der Waals surface area contributed by atoms with Crippen LogP contribution in [0.25, 0.3) is 0 Å². The van der Waals surface area contributed by atoms with E-state index in [-0.39, 0.29) is 35.9 Å². The number of benzene rings is 2. The molecule has 0 aromatic heterocycles. The molecule has 1 saturated carbocycles. The largest absolute Gasteiger partial charge is 0.377 e. The number of nitrogens with zero attached hydrogens (tertiary/aromatic N) is 2. The molecule has 1 saturated heterocycles. The molecule has 2 aromatic carbocycles. The van der Waals surface area contributed by atoms with E-state index in [1.54, 1.807) is 0 Å². The van der Waals surface area contributed by atoms with Crippen molar-refractivity contribution in [2.45, 2.75) is 43.2 Å². The third kappa shape index (κ3) is 5.72. The van der Waals surface area contributed by atoms with Gasteiger partial charge in [-0.2, -0.15) is 4.31 Å². The number of carbonyl (C=O) groups is 1. The Labute approximate surface area is 194 Å². The summed E-state index contributed by atoms with van der Waals surface area (Å²) < 4.78 is 47.6. The number of amides is 1. The summed E-state index contributed by atoms with van der Waals surface area (Å²) in [5.74, 6) is -0.431. The van der Waals surface area contributed by atoms with E-state index in [1.807, 2.05) is 37.2 Å². The van der Waals surface area contributed by atoms with Gasteiger partial charge < -0.3 is 15.0 Å². The molecule has 4 rings (SSSR count). The van der Waals surface area contributed by atoms with Crippen molar-refractivity contribution in [1.82, 2.24) is 4.31 Å². The lowest BCUT2D eigenvalue weighted by molar-refractivity contribution is -0.117. The van der Waals surface area contributed by atoms with Crippen LogP contribution in [0.2, 0.25) is 0 Å². The lowest BCUT2D eigenvalue weighted by atomic mass is 10.1. The fraction of sp³-hybridized carbons (Fsp3) is 0.458. The van der Waals surface area contributed by atoms with Gasteiger partial charge in [0.15, 0.2) is 0 Å². The van der Waals surface area contributed by atoms with Crippen molar-refractivity contribution in [3.05, 3.63) is 53.8 Å². The lowest BCUT2D eigenvalue weighted by Crippen LogP contribution is -2.37. The second-order valence-corrected chi connectivity index (χ2v) is 10.8. The molecule has 0 spiro atoms. The molecule has 2 aliphatic rings. The van der Waals surface area contributed by atoms with Crippen LogP contribution in [0.4, 0.5) is 15.8 Å². The second-order valence-electron chi connectivity index (χ2n) is 8.89. The van der Waals surface area contributed by atoms with Crippen molar-refractivity contribution in [3.8, 4) is 0 Å². The smallest absolute Gasteiger partial charge is 0.243 e. The first-order valence-electron chi connectivity index (χ1n) is 11.2. The zero-order valence-corrected chi connectivity index (χ0v) is 19.8. The number of rotatable bonds is 9. The van der Waals surface area contributed by atoms with E-state index < -0.39 is 15.8 Å². The third-order valence-corrected chi connectivity index (χ3v) is 7.83. The average molecular weight is 476 g/mol. The minimum atomic E-state index is -3.90. The number of carbonyl (C=O) groups excluding carboxylic acids is 1. The molecule has 2 aromatic rings. The van der Waals surface area contributed by atoms with E-state index in [0.29, 0.717) is 12.3 Å². The van der Waals surface area contributed by atoms with Gasteiger partial charge in [-0.05, 0) is 73.7 Å². The monoisotopic (exact) mass is 475 g/mol. The first-order chi connectivity index (χ1) is 15.7. The summed E-state index contributed by atoms with van der Waals surface area (Å²) in [4.78, 5) is 14.2. The van der Waals surface area contributed by atoms with Gasteiger partial charge in [0, 0.05) is 51.1 Å². The molecule has 1 aliphatic carbocycles. The lowest BCUT2D eigenvalue weighted by Gasteiger charge is -2.27. The summed E-state index contributed by atoms with van der Waals surface area (Å²) in [6.07, 6.45) is 3.29. The zero-order valence-electron chi connectivity index (χ0n) is 19.0. The van der Waals surface area contributed by atoms with Crippen molar-refractivity contribution < 1.29 is 22.3 Å². The van der Waals surface area contributed by atoms with E-state index >= 15 is 0 Å². The van der Waals surface area contributed by atoms with Gasteiger partial charge in [0.2, 0.25) is 15.9 Å². The summed E-state index contributed by atoms with van der Waals surface area (Å²) in [7, 11) is -0.126. The minimum absolute atomic E-state index is 0.00583. The van der Waals surface area contributed by atoms with Gasteiger partial charge in [-0.1, -0.05) is 0 Å². The van der Waals surface area contributed by atoms with Crippen molar-refractivity contribution in [2.24, 2.45) is 5.92 Å². The minimum Gasteiger partial charge on any atom is -0.377 e. The maximum atomic E-state index is 13.5. The highest BCUT2D eigenvalue weighted by molar-refractivity contribution is 7.89. The topological polar surface area (TPSA) is 79.0 Å². The van der Waals surface area contributed by atoms with Gasteiger partial charge in [-0.3, -0.25) is 4.79 Å². The molecule has 9 heteroatoms. The zero-order chi connectivity index (χ0) is 23.6. The molecule has 0 bridgehead atoms. The molecule has 0 unspecified atom stereocenters. The molecule has 1 aliphatic heterocycles. The molecule has 2 fully saturated rings. The van der Waals surface area contributed by atoms with Crippen LogP contribution >= 0.6 is 0 Å². The number of hydrogen-bond donors (Lipinski definition) is 1. The molecule has 1 N–H and O–H groups in total. The first-order valence-corrected chi connectivity index (χ1v) is 12.7. The number of nitrogens with one attached hydrogen (secondary N) is 1. The SMILES string of the molecule is CN(C)c1ccc(NC(=O)C2CC2)cc1CN(C[C@H]1CCCO1)S(=O)(=O)c1ccc(F)cc1. The molecule has 33 heavy (non-hydrogen) atoms. The van der Waals surface area contributed by atoms with Gasteiger partial charge in [0.25, 0.3) is 0 Å². The molecule has 0 radical (unpaired) electrons. The summed E-state index contributed by atoms with van der Waals surface area (Å²) in [5.41, 5.74) is 2.26. The molecule has 7 nitrogen and oxygen atoms in total. The summed E-state index contributed by atoms with van der Waals surface area (Å²) in [5, 5.41) is 2.94. The quantitative estimate of drug-likeness (QED) is 0.600. The molecule has 1 heterocycles. The Morgan fingerprint density at radius 3 is 2.45 bits per heavy atom. The fourth-order valence-electron chi connectivity index (χ4n) is 4.02. The summed E-state index contributed by atoms with van der Waals surface area (Å²) in [6, 6.07) is 10.4. The van der Waals surface area contributed by atoms with Crippen LogP contribution in [-0.2, 0) is 26.1 Å². The highest BCUT2D eigenvalue weighted by Crippen LogP contribution is 2.32. The van der Waals surface area contributed by atoms with Gasteiger partial charge in [-0.25, -0.2) is 12.8 Å². The maximum Gasteiger partial charge on any atom is 0.243 e. The standard InChI is InChI=1S/C24H30FN3O4S/c1-27(2)23-12-9-20(26-24(29)17-5-6-17)14-18(23)15-28(16-21-4-3-13-32-21)33(30,31)22-10-7-19(25)8-11-22/h7-12,14,17,21H,3-6,13,15-16H2,1-2H3,(H,26,29)/t21-/m1/s1. The molecule has 178 valence electrons. The summed E-state index contributed by atoms with van der Waals surface area (Å²) in [6.45, 7) is 0.909. The number of sulfonamides is 1. The Bertz CT molecular complexity index is 1100. The average Bonchev–Trinajstić information content (AvgIpc) is 3.50. The van der Waals surface area contributed by atoms with E-state index in [4.69, 9.17) is 4.74 Å². The van der Waals surface area contributed by atoms with Crippen LogP contribution in [0.3, 0.4) is 0 Å². The second kappa shape index (κ2) is 9.79. The van der Waals surface area contributed by atoms with E-state index in [2.05, 4.69) is 5.32 Å². The Kier molecular flexibility index (Phi) is 7.02. The highest BCUT2D eigenvalue weighted by atomic mass is 32.2. The van der Waals surface area contributed by atoms with Gasteiger partial charge in [0.05, 0.1) is 11.0 Å². The normalized spacial score (nSPS) is 18.5. The molecular weight excluding hydrogens is 445 g/mol. The third-order valence-electron chi connectivity index (χ3n) is 6.01. The molecule has 1 atom stereocenters. The van der Waals surface area contributed by atoms with Crippen molar-refractivity contribution in [2.75, 3.05) is 37.5 Å². The predicted molar refractivity (Wildman–Crippen MR) is 125 cm³/mol. The Hall–Kier alpha value is -2.49. The van der Waals surface area contributed by atoms with Gasteiger partial charge >= 0.3 is 0 Å². The van der Waals surface area contributed by atoms with Gasteiger partial charge in [0.1, 0.15) is 5.82 Å². The first kappa shape index (κ1) is 23.7. The van der Waals surface area contributed by atoms with E-state index in [0.717, 1.165) is 49.1 Å². The van der Waals surface area contributed by atoms with Crippen LogP contribution in [0.5, 0.6) is 0 Å². The molecule has 1 amide bonds. The fourth-order valence-corrected chi connectivity index (χ4v) is 5.47. The van der Waals surface area contributed by atoms with Crippen molar-refractivity contribution >= 4 is 27.3 Å². The number of ether oxygens (including phenoxy) is 1. The number of halogens is 1. The Balaban J connectivity index is 1.66. The van der Waals surface area contributed by atoms with Crippen molar-refractivity contribution in [3.63, 3.8) is 0 Å². The highest BCUT2D eigenvalue weighted by Gasteiger charge is 2.31. The van der Waals surface area contributed by atoms with E-state index in [9.17, 15) is 17.6 Å². The molecular formula is C24H30FN3O4S. The van der Waals surface area contributed by atoms with Crippen LogP contribution < -0.4 is 10.2 Å². The predicted octanol–water partition coefficient (Wildman–Crippen LogP) is 3.61. The van der Waals surface area contributed by atoms with Crippen LogP contribution in [-0.4, -0.2) is 52.0 Å². The van der Waals surface area contributed by atoms with Crippen LogP contribution in [0.15, 0.2) is 47.4 Å². The summed E-state index contributed by atoms with van der Waals surface area (Å²) >= 11 is 0. The number of anilines is 2. The van der Waals surface area contributed by atoms with E-state index in [1.165, 1.54) is 16.4 Å². The number of hydrogen-bond acceptors (Lipinski definition) is 5. The van der Waals surface area contributed by atoms with Crippen LogP contribution in [0, 0.1) is 11.7 Å².